The van der Waals surface area contributed by atoms with Gasteiger partial charge >= 0.3 is 10.8 Å². The third-order valence-corrected chi connectivity index (χ3v) is 9.55. The number of carbonyl (C=O) groups excluding carboxylic acids is 3. The van der Waals surface area contributed by atoms with E-state index in [2.05, 4.69) is 10.3 Å². The maximum atomic E-state index is 13.4. The van der Waals surface area contributed by atoms with E-state index in [9.17, 15) is 29.1 Å². The highest BCUT2D eigenvalue weighted by Crippen LogP contribution is 2.53. The number of imide groups is 1. The first kappa shape index (κ1) is 27.5. The lowest BCUT2D eigenvalue weighted by atomic mass is 9.83. The summed E-state index contributed by atoms with van der Waals surface area (Å²) in [7, 11) is 1.43. The van der Waals surface area contributed by atoms with E-state index in [-0.39, 0.29) is 28.9 Å². The number of H-pyrrole nitrogens is 1. The van der Waals surface area contributed by atoms with Crippen molar-refractivity contribution >= 4 is 63.2 Å². The Bertz CT molecular complexity index is 1820. The lowest BCUT2D eigenvalue weighted by molar-refractivity contribution is -0.149. The van der Waals surface area contributed by atoms with Gasteiger partial charge in [0, 0.05) is 16.5 Å². The molecule has 0 spiro atoms. The van der Waals surface area contributed by atoms with Crippen molar-refractivity contribution in [3.63, 3.8) is 0 Å². The van der Waals surface area contributed by atoms with Crippen molar-refractivity contribution in [3.8, 4) is 11.5 Å². The van der Waals surface area contributed by atoms with Crippen LogP contribution >= 0.6 is 23.1 Å². The number of ether oxygens (including phenoxy) is 2. The summed E-state index contributed by atoms with van der Waals surface area (Å²) in [5, 5.41) is 13.7. The molecule has 42 heavy (non-hydrogen) atoms. The molecule has 6 rings (SSSR count). The van der Waals surface area contributed by atoms with Crippen molar-refractivity contribution in [3.05, 3.63) is 80.8 Å². The minimum Gasteiger partial charge on any atom is -0.493 e. The van der Waals surface area contributed by atoms with Gasteiger partial charge in [-0.3, -0.25) is 28.9 Å². The van der Waals surface area contributed by atoms with Crippen LogP contribution in [-0.2, 0) is 19.2 Å². The molecule has 0 bridgehead atoms. The number of nitrogens with zero attached hydrogens (tertiary/aromatic N) is 1. The summed E-state index contributed by atoms with van der Waals surface area (Å²) < 4.78 is 11.3. The number of carboxylic acid groups (broad SMARTS) is 1. The minimum atomic E-state index is -1.30. The van der Waals surface area contributed by atoms with Crippen LogP contribution in [-0.4, -0.2) is 64.2 Å². The summed E-state index contributed by atoms with van der Waals surface area (Å²) >= 11 is 2.00. The molecule has 0 unspecified atom stereocenters. The Kier molecular flexibility index (Phi) is 7.21. The third kappa shape index (κ3) is 5.01. The summed E-state index contributed by atoms with van der Waals surface area (Å²) in [4.78, 5) is 66.4. The van der Waals surface area contributed by atoms with Crippen LogP contribution in [0.5, 0.6) is 11.5 Å². The van der Waals surface area contributed by atoms with Gasteiger partial charge in [-0.25, -0.2) is 0 Å². The number of hydrogen-bond acceptors (Lipinski definition) is 9. The number of benzene rings is 3. The average Bonchev–Trinajstić information content (AvgIpc) is 3.46. The van der Waals surface area contributed by atoms with Crippen LogP contribution in [0.15, 0.2) is 70.5 Å². The highest BCUT2D eigenvalue weighted by Gasteiger charge is 2.56. The standard InChI is InChI=1S/C29H23N3O8S2/c1-39-19-11-16(7-9-18(19)40-13-20(33)30-17-8-6-14-4-2-3-5-15(14)10-17)22-23-25(41-26-24(22)42-29(38)31-26)28(37)32(27(23)36)12-21(34)35/h2-11,22-23,25H,12-13H2,1H3,(H,30,33)(H,31,38)(H,34,35)/t22-,23+,25-/m0/s1. The van der Waals surface area contributed by atoms with Gasteiger partial charge in [-0.05, 0) is 40.6 Å². The van der Waals surface area contributed by atoms with E-state index >= 15 is 0 Å². The Balaban J connectivity index is 1.24. The van der Waals surface area contributed by atoms with Gasteiger partial charge in [0.15, 0.2) is 18.1 Å². The van der Waals surface area contributed by atoms with Gasteiger partial charge in [-0.2, -0.15) is 0 Å². The number of aliphatic carboxylic acids is 1. The number of methoxy groups -OCH3 is 1. The number of rotatable bonds is 8. The number of aromatic amines is 1. The highest BCUT2D eigenvalue weighted by molar-refractivity contribution is 8.00. The third-order valence-electron chi connectivity index (χ3n) is 7.15. The molecule has 214 valence electrons. The summed E-state index contributed by atoms with van der Waals surface area (Å²) in [6, 6.07) is 18.3. The molecule has 1 fully saturated rings. The number of fused-ring (bicyclic) bond motifs is 3. The lowest BCUT2D eigenvalue weighted by Crippen LogP contribution is -2.36. The van der Waals surface area contributed by atoms with Crippen molar-refractivity contribution in [2.45, 2.75) is 16.2 Å². The Hall–Kier alpha value is -4.62. The molecule has 1 saturated heterocycles. The zero-order valence-electron chi connectivity index (χ0n) is 22.0. The lowest BCUT2D eigenvalue weighted by Gasteiger charge is -2.30. The van der Waals surface area contributed by atoms with E-state index in [0.717, 1.165) is 38.8 Å². The summed E-state index contributed by atoms with van der Waals surface area (Å²) in [5.41, 5.74) is 1.20. The Morgan fingerprint density at radius 1 is 1.00 bits per heavy atom. The SMILES string of the molecule is COc1cc([C@@H]2c3sc(=O)[nH]c3S[C@@H]3C(=O)N(CC(=O)O)C(=O)[C@H]23)ccc1OCC(=O)Nc1ccc2ccccc2c1. The maximum absolute atomic E-state index is 13.4. The first-order valence-corrected chi connectivity index (χ1v) is 14.5. The molecule has 3 amide bonds. The van der Waals surface area contributed by atoms with Gasteiger partial charge in [-0.1, -0.05) is 59.5 Å². The first-order chi connectivity index (χ1) is 20.2. The molecule has 3 heterocycles. The number of anilines is 1. The second kappa shape index (κ2) is 11.0. The average molecular weight is 606 g/mol. The largest absolute Gasteiger partial charge is 0.493 e. The van der Waals surface area contributed by atoms with E-state index in [0.29, 0.717) is 21.2 Å². The molecule has 1 aromatic heterocycles. The Morgan fingerprint density at radius 3 is 2.55 bits per heavy atom. The molecule has 11 nitrogen and oxygen atoms in total. The summed E-state index contributed by atoms with van der Waals surface area (Å²) in [6.07, 6.45) is 0. The van der Waals surface area contributed by atoms with E-state index < -0.39 is 41.4 Å². The number of carboxylic acids is 1. The zero-order valence-corrected chi connectivity index (χ0v) is 23.6. The molecular weight excluding hydrogens is 582 g/mol. The second-order valence-corrected chi connectivity index (χ2v) is 11.9. The summed E-state index contributed by atoms with van der Waals surface area (Å²) in [5.74, 6) is -3.95. The van der Waals surface area contributed by atoms with Crippen LogP contribution in [0.25, 0.3) is 10.8 Å². The number of amides is 3. The predicted octanol–water partition coefficient (Wildman–Crippen LogP) is 3.29. The first-order valence-electron chi connectivity index (χ1n) is 12.8. The number of hydrogen-bond donors (Lipinski definition) is 3. The molecule has 13 heteroatoms. The predicted molar refractivity (Wildman–Crippen MR) is 155 cm³/mol. The van der Waals surface area contributed by atoms with Gasteiger partial charge in [0.1, 0.15) is 11.8 Å². The van der Waals surface area contributed by atoms with Crippen molar-refractivity contribution < 1.29 is 33.8 Å². The molecule has 3 atom stereocenters. The van der Waals surface area contributed by atoms with Crippen LogP contribution < -0.4 is 19.7 Å². The molecule has 0 saturated carbocycles. The number of thiazole rings is 1. The van der Waals surface area contributed by atoms with Crippen LogP contribution in [0.3, 0.4) is 0 Å². The maximum Gasteiger partial charge on any atom is 0.323 e. The molecule has 3 aromatic carbocycles. The smallest absolute Gasteiger partial charge is 0.323 e. The highest BCUT2D eigenvalue weighted by atomic mass is 32.2. The second-order valence-electron chi connectivity index (χ2n) is 9.72. The van der Waals surface area contributed by atoms with Crippen molar-refractivity contribution in [1.29, 1.82) is 0 Å². The fourth-order valence-electron chi connectivity index (χ4n) is 5.33. The quantitative estimate of drug-likeness (QED) is 0.257. The van der Waals surface area contributed by atoms with Gasteiger partial charge in [0.2, 0.25) is 11.8 Å². The van der Waals surface area contributed by atoms with E-state index in [1.807, 2.05) is 42.5 Å². The monoisotopic (exact) mass is 605 g/mol. The minimum absolute atomic E-state index is 0.278. The van der Waals surface area contributed by atoms with Crippen LogP contribution in [0.4, 0.5) is 5.69 Å². The molecule has 0 aliphatic carbocycles. The van der Waals surface area contributed by atoms with Crippen LogP contribution in [0.1, 0.15) is 16.4 Å². The van der Waals surface area contributed by atoms with Gasteiger partial charge in [-0.15, -0.1) is 0 Å². The van der Waals surface area contributed by atoms with Crippen LogP contribution in [0, 0.1) is 5.92 Å². The Labute approximate surface area is 246 Å². The molecular formula is C29H23N3O8S2. The summed E-state index contributed by atoms with van der Waals surface area (Å²) in [6.45, 7) is -1.03. The van der Waals surface area contributed by atoms with Gasteiger partial charge in [0.05, 0.1) is 18.1 Å². The van der Waals surface area contributed by atoms with Gasteiger partial charge < -0.3 is 24.9 Å². The fraction of sp³-hybridized carbons (Fsp3) is 0.207. The number of aromatic nitrogens is 1. The number of thioether (sulfide) groups is 1. The number of carbonyl (C=O) groups is 4. The topological polar surface area (TPSA) is 155 Å². The molecule has 3 N–H and O–H groups in total. The zero-order chi connectivity index (χ0) is 29.5. The fourth-order valence-corrected chi connectivity index (χ4v) is 7.87. The Morgan fingerprint density at radius 2 is 1.79 bits per heavy atom. The van der Waals surface area contributed by atoms with Crippen molar-refractivity contribution in [1.82, 2.24) is 9.88 Å². The van der Waals surface area contributed by atoms with E-state index in [4.69, 9.17) is 9.47 Å². The van der Waals surface area contributed by atoms with Crippen molar-refractivity contribution in [2.24, 2.45) is 5.92 Å². The molecule has 2 aliphatic rings. The molecule has 4 aromatic rings. The number of likely N-dealkylation sites (tertiary alicyclic amines) is 1. The van der Waals surface area contributed by atoms with Crippen molar-refractivity contribution in [2.75, 3.05) is 25.6 Å². The normalized spacial score (nSPS) is 19.4. The van der Waals surface area contributed by atoms with E-state index in [1.54, 1.807) is 18.2 Å². The number of nitrogens with one attached hydrogen (secondary N) is 2. The van der Waals surface area contributed by atoms with Gasteiger partial charge in [0.25, 0.3) is 5.91 Å². The van der Waals surface area contributed by atoms with E-state index in [1.165, 1.54) is 7.11 Å². The van der Waals surface area contributed by atoms with Crippen LogP contribution in [0.2, 0.25) is 0 Å². The molecule has 2 aliphatic heterocycles. The molecule has 0 radical (unpaired) electrons.